The van der Waals surface area contributed by atoms with Crippen LogP contribution in [0.25, 0.3) is 0 Å². The number of aromatic nitrogens is 4. The summed E-state index contributed by atoms with van der Waals surface area (Å²) in [5.41, 5.74) is 1.64. The Kier molecular flexibility index (Phi) is 7.87. The number of nitrogens with zero attached hydrogens (tertiary/aromatic N) is 4. The molecule has 0 spiro atoms. The van der Waals surface area contributed by atoms with Gasteiger partial charge in [-0.05, 0) is 53.6 Å². The van der Waals surface area contributed by atoms with Gasteiger partial charge in [-0.15, -0.1) is 0 Å². The Balaban J connectivity index is 1.75. The van der Waals surface area contributed by atoms with E-state index >= 15 is 0 Å². The number of tetrazole rings is 1. The number of nitrogens with one attached hydrogen (secondary N) is 1. The molecule has 0 amide bonds. The molecule has 160 valence electrons. The number of benzene rings is 2. The smallest absolute Gasteiger partial charge is 0.243 e. The molecule has 0 aliphatic carbocycles. The van der Waals surface area contributed by atoms with Gasteiger partial charge >= 0.3 is 0 Å². The molecule has 0 bridgehead atoms. The maximum atomic E-state index is 13.2. The van der Waals surface area contributed by atoms with Gasteiger partial charge in [0.2, 0.25) is 5.95 Å². The molecule has 30 heavy (non-hydrogen) atoms. The molecule has 0 aliphatic heterocycles. The minimum atomic E-state index is -0.386. The molecule has 0 radical (unpaired) electrons. The number of rotatable bonds is 10. The monoisotopic (exact) mass is 497 g/mol. The van der Waals surface area contributed by atoms with E-state index in [-0.39, 0.29) is 12.4 Å². The van der Waals surface area contributed by atoms with Crippen molar-refractivity contribution in [3.05, 3.63) is 56.8 Å². The first-order chi connectivity index (χ1) is 14.5. The van der Waals surface area contributed by atoms with Crippen molar-refractivity contribution >= 4 is 33.5 Å². The average molecular weight is 499 g/mol. The predicted octanol–water partition coefficient (Wildman–Crippen LogP) is 5.23. The number of aryl methyl sites for hydroxylation is 1. The van der Waals surface area contributed by atoms with Crippen molar-refractivity contribution in [2.75, 3.05) is 11.9 Å². The van der Waals surface area contributed by atoms with E-state index in [2.05, 4.69) is 43.7 Å². The summed E-state index contributed by atoms with van der Waals surface area (Å²) in [7, 11) is 0. The Morgan fingerprint density at radius 3 is 2.67 bits per heavy atom. The van der Waals surface area contributed by atoms with Crippen LogP contribution in [-0.4, -0.2) is 26.8 Å². The summed E-state index contributed by atoms with van der Waals surface area (Å²) in [6.45, 7) is 5.87. The SMILES string of the molecule is CCCn1nnnc1NCc1cc(OCC)c(OCc2ccc(F)cc2Cl)cc1Br. The van der Waals surface area contributed by atoms with E-state index in [9.17, 15) is 4.39 Å². The van der Waals surface area contributed by atoms with Gasteiger partial charge in [0.05, 0.1) is 11.6 Å². The highest BCUT2D eigenvalue weighted by Gasteiger charge is 2.13. The Morgan fingerprint density at radius 2 is 1.93 bits per heavy atom. The maximum absolute atomic E-state index is 13.2. The average Bonchev–Trinajstić information content (AvgIpc) is 3.15. The first kappa shape index (κ1) is 22.3. The molecule has 7 nitrogen and oxygen atoms in total. The summed E-state index contributed by atoms with van der Waals surface area (Å²) in [4.78, 5) is 0. The van der Waals surface area contributed by atoms with Crippen LogP contribution in [0.2, 0.25) is 5.02 Å². The zero-order chi connectivity index (χ0) is 21.5. The van der Waals surface area contributed by atoms with Crippen LogP contribution in [0.15, 0.2) is 34.8 Å². The fourth-order valence-electron chi connectivity index (χ4n) is 2.76. The molecular weight excluding hydrogens is 477 g/mol. The van der Waals surface area contributed by atoms with Gasteiger partial charge in [-0.2, -0.15) is 0 Å². The molecule has 0 atom stereocenters. The Bertz CT molecular complexity index is 1000. The van der Waals surface area contributed by atoms with E-state index in [1.54, 1.807) is 10.7 Å². The van der Waals surface area contributed by atoms with E-state index in [4.69, 9.17) is 21.1 Å². The lowest BCUT2D eigenvalue weighted by Crippen LogP contribution is -2.09. The topological polar surface area (TPSA) is 74.1 Å². The molecule has 3 aromatic rings. The van der Waals surface area contributed by atoms with Crippen molar-refractivity contribution in [2.45, 2.75) is 40.0 Å². The lowest BCUT2D eigenvalue weighted by atomic mass is 10.2. The third kappa shape index (κ3) is 5.60. The second-order valence-corrected chi connectivity index (χ2v) is 7.69. The van der Waals surface area contributed by atoms with Crippen molar-refractivity contribution in [3.8, 4) is 11.5 Å². The van der Waals surface area contributed by atoms with Gasteiger partial charge in [0.25, 0.3) is 0 Å². The standard InChI is InChI=1S/C20H22BrClFN5O2/c1-3-7-28-20(25-26-27-28)24-11-14-8-18(29-4-2)19(10-16(14)21)30-12-13-5-6-15(23)9-17(13)22/h5-6,8-10H,3-4,7,11-12H2,1-2H3,(H,24,25,27). The summed E-state index contributed by atoms with van der Waals surface area (Å²) >= 11 is 9.68. The van der Waals surface area contributed by atoms with Gasteiger partial charge in [0.15, 0.2) is 11.5 Å². The highest BCUT2D eigenvalue weighted by atomic mass is 79.9. The van der Waals surface area contributed by atoms with Crippen molar-refractivity contribution in [1.29, 1.82) is 0 Å². The Hall–Kier alpha value is -2.39. The van der Waals surface area contributed by atoms with E-state index in [1.165, 1.54) is 12.1 Å². The number of hydrogen-bond acceptors (Lipinski definition) is 6. The van der Waals surface area contributed by atoms with Crippen LogP contribution in [0.5, 0.6) is 11.5 Å². The van der Waals surface area contributed by atoms with Crippen LogP contribution in [0.1, 0.15) is 31.4 Å². The number of ether oxygens (including phenoxy) is 2. The summed E-state index contributed by atoms with van der Waals surface area (Å²) in [5, 5.41) is 15.3. The van der Waals surface area contributed by atoms with Crippen LogP contribution in [0, 0.1) is 5.82 Å². The lowest BCUT2D eigenvalue weighted by molar-refractivity contribution is 0.269. The fraction of sp³-hybridized carbons (Fsp3) is 0.350. The molecular formula is C20H22BrClFN5O2. The second-order valence-electron chi connectivity index (χ2n) is 6.43. The first-order valence-electron chi connectivity index (χ1n) is 9.53. The molecule has 0 unspecified atom stereocenters. The summed E-state index contributed by atoms with van der Waals surface area (Å²) < 4.78 is 27.5. The van der Waals surface area contributed by atoms with Crippen molar-refractivity contribution < 1.29 is 13.9 Å². The summed E-state index contributed by atoms with van der Waals surface area (Å²) in [5.74, 6) is 1.38. The molecule has 2 aromatic carbocycles. The van der Waals surface area contributed by atoms with Crippen molar-refractivity contribution in [1.82, 2.24) is 20.2 Å². The van der Waals surface area contributed by atoms with Crippen LogP contribution in [0.4, 0.5) is 10.3 Å². The van der Waals surface area contributed by atoms with Crippen LogP contribution in [0.3, 0.4) is 0 Å². The Morgan fingerprint density at radius 1 is 1.13 bits per heavy atom. The molecule has 0 aliphatic rings. The molecule has 10 heteroatoms. The van der Waals surface area contributed by atoms with Crippen molar-refractivity contribution in [2.24, 2.45) is 0 Å². The van der Waals surface area contributed by atoms with Gasteiger partial charge < -0.3 is 14.8 Å². The quantitative estimate of drug-likeness (QED) is 0.413. The molecule has 0 fully saturated rings. The largest absolute Gasteiger partial charge is 0.490 e. The number of hydrogen-bond donors (Lipinski definition) is 1. The summed E-state index contributed by atoms with van der Waals surface area (Å²) in [6.07, 6.45) is 0.933. The molecule has 0 saturated carbocycles. The van der Waals surface area contributed by atoms with Gasteiger partial charge in [-0.25, -0.2) is 9.07 Å². The van der Waals surface area contributed by atoms with Crippen molar-refractivity contribution in [3.63, 3.8) is 0 Å². The minimum absolute atomic E-state index is 0.190. The molecule has 1 heterocycles. The highest BCUT2D eigenvalue weighted by molar-refractivity contribution is 9.10. The molecule has 1 N–H and O–H groups in total. The molecule has 3 rings (SSSR count). The second kappa shape index (κ2) is 10.6. The van der Waals surface area contributed by atoms with Gasteiger partial charge in [0.1, 0.15) is 12.4 Å². The van der Waals surface area contributed by atoms with E-state index in [0.717, 1.165) is 23.0 Å². The zero-order valence-corrected chi connectivity index (χ0v) is 19.0. The van der Waals surface area contributed by atoms with E-state index in [1.807, 2.05) is 19.1 Å². The third-order valence-electron chi connectivity index (χ3n) is 4.22. The highest BCUT2D eigenvalue weighted by Crippen LogP contribution is 2.35. The first-order valence-corrected chi connectivity index (χ1v) is 10.7. The maximum Gasteiger partial charge on any atom is 0.243 e. The Labute approximate surface area is 187 Å². The lowest BCUT2D eigenvalue weighted by Gasteiger charge is -2.16. The molecule has 1 aromatic heterocycles. The van der Waals surface area contributed by atoms with Gasteiger partial charge in [0, 0.05) is 23.1 Å². The normalized spacial score (nSPS) is 10.8. The van der Waals surface area contributed by atoms with E-state index < -0.39 is 0 Å². The van der Waals surface area contributed by atoms with Crippen LogP contribution >= 0.6 is 27.5 Å². The predicted molar refractivity (Wildman–Crippen MR) is 116 cm³/mol. The van der Waals surface area contributed by atoms with Gasteiger partial charge in [-0.3, -0.25) is 0 Å². The minimum Gasteiger partial charge on any atom is -0.490 e. The fourth-order valence-corrected chi connectivity index (χ4v) is 3.44. The number of halogens is 3. The zero-order valence-electron chi connectivity index (χ0n) is 16.7. The third-order valence-corrected chi connectivity index (χ3v) is 5.31. The van der Waals surface area contributed by atoms with Gasteiger partial charge in [-0.1, -0.05) is 45.6 Å². The van der Waals surface area contributed by atoms with E-state index in [0.29, 0.717) is 41.2 Å². The molecule has 0 saturated heterocycles. The van der Waals surface area contributed by atoms with Crippen LogP contribution in [-0.2, 0) is 19.7 Å². The summed E-state index contributed by atoms with van der Waals surface area (Å²) in [6, 6.07) is 7.96. The number of anilines is 1. The van der Waals surface area contributed by atoms with Crippen LogP contribution < -0.4 is 14.8 Å².